The Balaban J connectivity index is 2.12. The summed E-state index contributed by atoms with van der Waals surface area (Å²) in [5.74, 6) is -1.04. The highest BCUT2D eigenvalue weighted by atomic mass is 16.6. The van der Waals surface area contributed by atoms with Crippen LogP contribution in [0.2, 0.25) is 0 Å². The lowest BCUT2D eigenvalue weighted by Crippen LogP contribution is -2.58. The standard InChI is InChI=1S/C32H45N3O5/c1-9-19(2)26(34-31(39)40-32(6,7)8)30(38)35(23-16-12-17-23)27(24-18-11-15-22(5)28(24)36)29(37)33-25-20(3)13-10-14-21(25)4/h10-11,13-15,18-19,23,26-27,36H,9,12,16-17H2,1-8H3,(H,33,37)(H,34,39). The lowest BCUT2D eigenvalue weighted by molar-refractivity contribution is -0.147. The van der Waals surface area contributed by atoms with E-state index in [-0.39, 0.29) is 23.6 Å². The van der Waals surface area contributed by atoms with Gasteiger partial charge < -0.3 is 25.4 Å². The molecular formula is C32H45N3O5. The number of anilines is 1. The fourth-order valence-electron chi connectivity index (χ4n) is 4.98. The number of alkyl carbamates (subject to hydrolysis) is 1. The maximum absolute atomic E-state index is 14.5. The van der Waals surface area contributed by atoms with Gasteiger partial charge in [-0.25, -0.2) is 4.79 Å². The summed E-state index contributed by atoms with van der Waals surface area (Å²) in [5.41, 5.74) is 2.69. The van der Waals surface area contributed by atoms with Crippen molar-refractivity contribution in [1.82, 2.24) is 10.2 Å². The van der Waals surface area contributed by atoms with Crippen LogP contribution in [-0.2, 0) is 14.3 Å². The summed E-state index contributed by atoms with van der Waals surface area (Å²) >= 11 is 0. The molecule has 0 heterocycles. The van der Waals surface area contributed by atoms with Crippen molar-refractivity contribution in [2.24, 2.45) is 5.92 Å². The van der Waals surface area contributed by atoms with Gasteiger partial charge in [0.1, 0.15) is 23.4 Å². The van der Waals surface area contributed by atoms with Crippen molar-refractivity contribution in [1.29, 1.82) is 0 Å². The van der Waals surface area contributed by atoms with E-state index in [2.05, 4.69) is 10.6 Å². The summed E-state index contributed by atoms with van der Waals surface area (Å²) in [4.78, 5) is 43.1. The van der Waals surface area contributed by atoms with Crippen molar-refractivity contribution in [2.75, 3.05) is 5.32 Å². The zero-order valence-corrected chi connectivity index (χ0v) is 25.1. The molecule has 1 aliphatic carbocycles. The smallest absolute Gasteiger partial charge is 0.408 e. The third kappa shape index (κ3) is 7.14. The van der Waals surface area contributed by atoms with E-state index < -0.39 is 29.7 Å². The summed E-state index contributed by atoms with van der Waals surface area (Å²) in [5, 5.41) is 17.0. The molecule has 0 spiro atoms. The molecule has 1 fully saturated rings. The minimum atomic E-state index is -1.11. The van der Waals surface area contributed by atoms with Crippen LogP contribution in [0.5, 0.6) is 5.75 Å². The van der Waals surface area contributed by atoms with Gasteiger partial charge in [0.25, 0.3) is 5.91 Å². The Morgan fingerprint density at radius 2 is 1.60 bits per heavy atom. The van der Waals surface area contributed by atoms with Crippen LogP contribution >= 0.6 is 0 Å². The van der Waals surface area contributed by atoms with E-state index in [0.717, 1.165) is 30.4 Å². The molecule has 8 heteroatoms. The number of hydrogen-bond donors (Lipinski definition) is 3. The van der Waals surface area contributed by atoms with E-state index in [1.807, 2.05) is 45.9 Å². The topological polar surface area (TPSA) is 108 Å². The van der Waals surface area contributed by atoms with Gasteiger partial charge in [0, 0.05) is 17.3 Å². The number of rotatable bonds is 9. The second-order valence-electron chi connectivity index (χ2n) is 12.0. The number of phenolic OH excluding ortho intramolecular Hbond substituents is 1. The van der Waals surface area contributed by atoms with Crippen LogP contribution in [0.25, 0.3) is 0 Å². The van der Waals surface area contributed by atoms with Gasteiger partial charge in [0.05, 0.1) is 0 Å². The van der Waals surface area contributed by atoms with E-state index in [9.17, 15) is 19.5 Å². The van der Waals surface area contributed by atoms with Crippen molar-refractivity contribution in [3.63, 3.8) is 0 Å². The molecule has 3 unspecified atom stereocenters. The van der Waals surface area contributed by atoms with Crippen LogP contribution in [-0.4, -0.2) is 45.6 Å². The number of nitrogens with zero attached hydrogens (tertiary/aromatic N) is 1. The molecule has 2 aromatic rings. The van der Waals surface area contributed by atoms with Crippen LogP contribution in [0, 0.1) is 26.7 Å². The minimum Gasteiger partial charge on any atom is -0.507 e. The van der Waals surface area contributed by atoms with Crippen LogP contribution in [0.1, 0.15) is 88.6 Å². The Hall–Kier alpha value is -3.55. The molecule has 8 nitrogen and oxygen atoms in total. The molecule has 3 amide bonds. The van der Waals surface area contributed by atoms with Crippen molar-refractivity contribution >= 4 is 23.6 Å². The maximum Gasteiger partial charge on any atom is 0.408 e. The van der Waals surface area contributed by atoms with Crippen LogP contribution < -0.4 is 10.6 Å². The van der Waals surface area contributed by atoms with Gasteiger partial charge in [0.2, 0.25) is 5.91 Å². The van der Waals surface area contributed by atoms with E-state index >= 15 is 0 Å². The Kier molecular flexibility index (Phi) is 9.87. The molecule has 1 saturated carbocycles. The predicted octanol–water partition coefficient (Wildman–Crippen LogP) is 6.32. The third-order valence-corrected chi connectivity index (χ3v) is 7.69. The Labute approximate surface area is 238 Å². The average Bonchev–Trinajstić information content (AvgIpc) is 2.84. The number of carbonyl (C=O) groups is 3. The Morgan fingerprint density at radius 3 is 2.12 bits per heavy atom. The molecule has 3 atom stereocenters. The molecule has 0 saturated heterocycles. The zero-order chi connectivity index (χ0) is 29.8. The first-order chi connectivity index (χ1) is 18.7. The molecule has 0 bridgehead atoms. The molecule has 0 aliphatic heterocycles. The highest BCUT2D eigenvalue weighted by Gasteiger charge is 2.44. The van der Waals surface area contributed by atoms with E-state index in [4.69, 9.17) is 4.74 Å². The van der Waals surface area contributed by atoms with Crippen LogP contribution in [0.15, 0.2) is 36.4 Å². The summed E-state index contributed by atoms with van der Waals surface area (Å²) in [7, 11) is 0. The zero-order valence-electron chi connectivity index (χ0n) is 25.1. The summed E-state index contributed by atoms with van der Waals surface area (Å²) in [6, 6.07) is 8.75. The molecule has 0 aromatic heterocycles. The van der Waals surface area contributed by atoms with E-state index in [0.29, 0.717) is 23.2 Å². The number of aromatic hydroxyl groups is 1. The normalized spacial score (nSPS) is 15.8. The van der Waals surface area contributed by atoms with Gasteiger partial charge in [-0.3, -0.25) is 9.59 Å². The number of phenols is 1. The predicted molar refractivity (Wildman–Crippen MR) is 157 cm³/mol. The Bertz CT molecular complexity index is 1210. The fraction of sp³-hybridized carbons (Fsp3) is 0.531. The molecule has 3 N–H and O–H groups in total. The number of benzene rings is 2. The fourth-order valence-corrected chi connectivity index (χ4v) is 4.98. The largest absolute Gasteiger partial charge is 0.507 e. The van der Waals surface area contributed by atoms with Gasteiger partial charge in [0.15, 0.2) is 0 Å². The Morgan fingerprint density at radius 1 is 1.02 bits per heavy atom. The second kappa shape index (κ2) is 12.7. The van der Waals surface area contributed by atoms with Crippen molar-refractivity contribution in [3.8, 4) is 5.75 Å². The number of para-hydroxylation sites is 2. The number of nitrogens with one attached hydrogen (secondary N) is 2. The number of ether oxygens (including phenoxy) is 1. The van der Waals surface area contributed by atoms with Gasteiger partial charge in [-0.1, -0.05) is 56.7 Å². The number of aryl methyl sites for hydroxylation is 3. The molecule has 1 aliphatic rings. The first-order valence-corrected chi connectivity index (χ1v) is 14.2. The average molecular weight is 552 g/mol. The van der Waals surface area contributed by atoms with Crippen molar-refractivity contribution < 1.29 is 24.2 Å². The van der Waals surface area contributed by atoms with E-state index in [1.54, 1.807) is 50.8 Å². The quantitative estimate of drug-likeness (QED) is 0.338. The first kappa shape index (κ1) is 31.0. The summed E-state index contributed by atoms with van der Waals surface area (Å²) in [6.45, 7) is 14.7. The minimum absolute atomic E-state index is 0.0264. The molecular weight excluding hydrogens is 506 g/mol. The lowest BCUT2D eigenvalue weighted by atomic mass is 9.86. The highest BCUT2D eigenvalue weighted by Crippen LogP contribution is 2.39. The SMILES string of the molecule is CCC(C)C(NC(=O)OC(C)(C)C)C(=O)N(C1CCC1)C(C(=O)Nc1c(C)cccc1C)c1cccc(C)c1O. The first-order valence-electron chi connectivity index (χ1n) is 14.2. The second-order valence-corrected chi connectivity index (χ2v) is 12.0. The summed E-state index contributed by atoms with van der Waals surface area (Å²) < 4.78 is 5.49. The van der Waals surface area contributed by atoms with Crippen LogP contribution in [0.4, 0.5) is 10.5 Å². The highest BCUT2D eigenvalue weighted by molar-refractivity contribution is 6.00. The molecule has 40 heavy (non-hydrogen) atoms. The molecule has 0 radical (unpaired) electrons. The van der Waals surface area contributed by atoms with Crippen molar-refractivity contribution in [2.45, 2.75) is 105 Å². The van der Waals surface area contributed by atoms with Crippen molar-refractivity contribution in [3.05, 3.63) is 58.7 Å². The van der Waals surface area contributed by atoms with Gasteiger partial charge in [-0.15, -0.1) is 0 Å². The van der Waals surface area contributed by atoms with Gasteiger partial charge in [-0.2, -0.15) is 0 Å². The monoisotopic (exact) mass is 551 g/mol. The molecule has 2 aromatic carbocycles. The van der Waals surface area contributed by atoms with Gasteiger partial charge in [-0.05, 0) is 83.4 Å². The molecule has 3 rings (SSSR count). The lowest BCUT2D eigenvalue weighted by Gasteiger charge is -2.44. The van der Waals surface area contributed by atoms with Gasteiger partial charge >= 0.3 is 6.09 Å². The summed E-state index contributed by atoms with van der Waals surface area (Å²) in [6.07, 6.45) is 2.32. The third-order valence-electron chi connectivity index (χ3n) is 7.69. The molecule has 218 valence electrons. The number of hydrogen-bond acceptors (Lipinski definition) is 5. The number of carbonyl (C=O) groups excluding carboxylic acids is 3. The van der Waals surface area contributed by atoms with E-state index in [1.165, 1.54) is 0 Å². The van der Waals surface area contributed by atoms with Crippen LogP contribution in [0.3, 0.4) is 0 Å². The number of amides is 3. The maximum atomic E-state index is 14.5.